The Morgan fingerprint density at radius 3 is 1.02 bits per heavy atom. The molecule has 54 heavy (non-hydrogen) atoms. The van der Waals surface area contributed by atoms with Gasteiger partial charge in [-0.3, -0.25) is 0 Å². The molecule has 0 aliphatic heterocycles. The van der Waals surface area contributed by atoms with Crippen molar-refractivity contribution in [3.63, 3.8) is 0 Å². The van der Waals surface area contributed by atoms with E-state index in [1.807, 2.05) is 84.9 Å². The van der Waals surface area contributed by atoms with Gasteiger partial charge in [-0.2, -0.15) is 0 Å². The van der Waals surface area contributed by atoms with Gasteiger partial charge in [-0.15, -0.1) is 0 Å². The first-order chi connectivity index (χ1) is 26.1. The molecule has 0 radical (unpaired) electrons. The van der Waals surface area contributed by atoms with Crippen LogP contribution < -0.4 is 15.5 Å². The molecule has 0 aliphatic rings. The van der Waals surface area contributed by atoms with E-state index in [1.54, 1.807) is 0 Å². The molecule has 268 valence electrons. The molecule has 3 nitrogen and oxygen atoms in total. The van der Waals surface area contributed by atoms with Gasteiger partial charge in [0.25, 0.3) is 0 Å². The first kappa shape index (κ1) is 38.9. The van der Waals surface area contributed by atoms with E-state index < -0.39 is 0 Å². The second kappa shape index (κ2) is 20.6. The quantitative estimate of drug-likeness (QED) is 0.156. The second-order valence-corrected chi connectivity index (χ2v) is 13.2. The maximum Gasteiger partial charge on any atom is 0.0482 e. The molecule has 0 atom stereocenters. The number of rotatable bonds is 8. The van der Waals surface area contributed by atoms with Crippen LogP contribution in [0.3, 0.4) is 0 Å². The van der Waals surface area contributed by atoms with Crippen LogP contribution in [0.15, 0.2) is 235 Å². The van der Waals surface area contributed by atoms with Crippen LogP contribution in [-0.4, -0.2) is 0 Å². The summed E-state index contributed by atoms with van der Waals surface area (Å²) in [6.45, 7) is 0. The van der Waals surface area contributed by atoms with E-state index in [-0.39, 0.29) is 7.43 Å². The van der Waals surface area contributed by atoms with Crippen molar-refractivity contribution in [2.75, 3.05) is 15.5 Å². The van der Waals surface area contributed by atoms with E-state index in [2.05, 4.69) is 171 Å². The topological polar surface area (TPSA) is 32.5 Å². The van der Waals surface area contributed by atoms with E-state index in [4.69, 9.17) is 5.73 Å². The third-order valence-corrected chi connectivity index (χ3v) is 8.87. The average Bonchev–Trinajstić information content (AvgIpc) is 3.21. The van der Waals surface area contributed by atoms with Gasteiger partial charge in [-0.1, -0.05) is 163 Å². The van der Waals surface area contributed by atoms with Gasteiger partial charge in [-0.25, -0.2) is 0 Å². The molecule has 0 amide bonds. The number of hydrogen-bond acceptors (Lipinski definition) is 3. The van der Waals surface area contributed by atoms with Crippen molar-refractivity contribution >= 4 is 55.7 Å². The summed E-state index contributed by atoms with van der Waals surface area (Å²) in [6, 6.07) is 78.9. The van der Waals surface area contributed by atoms with E-state index in [0.717, 1.165) is 45.0 Å². The van der Waals surface area contributed by atoms with Crippen LogP contribution >= 0.6 is 15.9 Å². The molecule has 0 spiro atoms. The third kappa shape index (κ3) is 11.3. The fourth-order valence-corrected chi connectivity index (χ4v) is 6.22. The first-order valence-corrected chi connectivity index (χ1v) is 18.4. The number of halogens is 1. The zero-order valence-electron chi connectivity index (χ0n) is 29.5. The predicted molar refractivity (Wildman–Crippen MR) is 237 cm³/mol. The highest BCUT2D eigenvalue weighted by atomic mass is 79.9. The maximum atomic E-state index is 5.93. The van der Waals surface area contributed by atoms with Crippen molar-refractivity contribution in [2.24, 2.45) is 0 Å². The largest absolute Gasteiger partial charge is 0.399 e. The number of anilines is 7. The van der Waals surface area contributed by atoms with Crippen molar-refractivity contribution < 1.29 is 0 Å². The lowest BCUT2D eigenvalue weighted by molar-refractivity contribution is 1.18. The summed E-state index contributed by atoms with van der Waals surface area (Å²) in [6.07, 6.45) is 0.937. The van der Waals surface area contributed by atoms with Crippen molar-refractivity contribution in [3.05, 3.63) is 246 Å². The molecule has 8 rings (SSSR count). The molecule has 0 unspecified atom stereocenters. The number of para-hydroxylation sites is 4. The minimum Gasteiger partial charge on any atom is -0.399 e. The third-order valence-electron chi connectivity index (χ3n) is 8.34. The smallest absolute Gasteiger partial charge is 0.0482 e. The van der Waals surface area contributed by atoms with Crippen molar-refractivity contribution in [1.29, 1.82) is 0 Å². The SMILES string of the molecule is Brc1ccccc1.C.Nc1cccc(N(c2ccccc2)c2ccccc2)c1.c1ccc(Cc2cccc(N(c3ccccc3)c3ccccc3)c2)cc1. The minimum absolute atomic E-state index is 0. The molecule has 0 aromatic heterocycles. The molecule has 0 aliphatic carbocycles. The molecule has 8 aromatic rings. The summed E-state index contributed by atoms with van der Waals surface area (Å²) < 4.78 is 1.13. The van der Waals surface area contributed by atoms with Crippen LogP contribution in [0.4, 0.5) is 39.8 Å². The van der Waals surface area contributed by atoms with E-state index in [1.165, 1.54) is 16.8 Å². The molecular weight excluding hydrogens is 722 g/mol. The summed E-state index contributed by atoms with van der Waals surface area (Å²) in [4.78, 5) is 4.49. The van der Waals surface area contributed by atoms with Crippen LogP contribution in [0, 0.1) is 0 Å². The molecule has 4 heteroatoms. The summed E-state index contributed by atoms with van der Waals surface area (Å²) in [5.74, 6) is 0. The van der Waals surface area contributed by atoms with Crippen LogP contribution in [0.25, 0.3) is 0 Å². The summed E-state index contributed by atoms with van der Waals surface area (Å²) in [7, 11) is 0. The van der Waals surface area contributed by atoms with Crippen molar-refractivity contribution in [2.45, 2.75) is 13.8 Å². The maximum absolute atomic E-state index is 5.93. The molecule has 0 saturated heterocycles. The molecular formula is C50H46BrN3. The Hall–Kier alpha value is -6.36. The Kier molecular flexibility index (Phi) is 14.8. The average molecular weight is 769 g/mol. The molecule has 0 bridgehead atoms. The van der Waals surface area contributed by atoms with Gasteiger partial charge in [0, 0.05) is 44.3 Å². The van der Waals surface area contributed by atoms with Crippen LogP contribution in [0.1, 0.15) is 18.6 Å². The monoisotopic (exact) mass is 767 g/mol. The number of benzene rings is 8. The Morgan fingerprint density at radius 1 is 0.333 bits per heavy atom. The van der Waals surface area contributed by atoms with Gasteiger partial charge < -0.3 is 15.5 Å². The molecule has 0 fully saturated rings. The lowest BCUT2D eigenvalue weighted by Crippen LogP contribution is -2.10. The van der Waals surface area contributed by atoms with Crippen molar-refractivity contribution in [1.82, 2.24) is 0 Å². The summed E-state index contributed by atoms with van der Waals surface area (Å²) in [5.41, 5.74) is 16.1. The van der Waals surface area contributed by atoms with E-state index >= 15 is 0 Å². The van der Waals surface area contributed by atoms with Gasteiger partial charge in [0.1, 0.15) is 0 Å². The standard InChI is InChI=1S/C25H21N.C18H16N2.C6H5Br.CH4/c1-4-11-21(12-5-1)19-22-13-10-18-25(20-22)26(23-14-6-2-7-15-23)24-16-8-3-9-17-24;19-15-8-7-13-18(14-15)20(16-9-3-1-4-10-16)17-11-5-2-6-12-17;7-6-4-2-1-3-5-6;/h1-18,20H,19H2;1-14H,19H2;1-5H;1H4. The molecule has 0 heterocycles. The Morgan fingerprint density at radius 2 is 0.648 bits per heavy atom. The second-order valence-electron chi connectivity index (χ2n) is 12.2. The summed E-state index contributed by atoms with van der Waals surface area (Å²) in [5, 5.41) is 0. The zero-order chi connectivity index (χ0) is 36.5. The van der Waals surface area contributed by atoms with Gasteiger partial charge in [0.2, 0.25) is 0 Å². The number of hydrogen-bond donors (Lipinski definition) is 1. The lowest BCUT2D eigenvalue weighted by Gasteiger charge is -2.25. The zero-order valence-corrected chi connectivity index (χ0v) is 31.1. The Labute approximate surface area is 329 Å². The normalized spacial score (nSPS) is 9.94. The highest BCUT2D eigenvalue weighted by Gasteiger charge is 2.13. The predicted octanol–water partition coefficient (Wildman–Crippen LogP) is 14.6. The fraction of sp³-hybridized carbons (Fsp3) is 0.0400. The Bertz CT molecular complexity index is 2140. The molecule has 2 N–H and O–H groups in total. The van der Waals surface area contributed by atoms with E-state index in [0.29, 0.717) is 0 Å². The van der Waals surface area contributed by atoms with E-state index in [9.17, 15) is 0 Å². The molecule has 0 saturated carbocycles. The fourth-order valence-electron chi connectivity index (χ4n) is 5.92. The summed E-state index contributed by atoms with van der Waals surface area (Å²) >= 11 is 3.31. The Balaban J connectivity index is 0.000000177. The lowest BCUT2D eigenvalue weighted by atomic mass is 10.0. The van der Waals surface area contributed by atoms with Crippen molar-refractivity contribution in [3.8, 4) is 0 Å². The van der Waals surface area contributed by atoms with Gasteiger partial charge in [-0.05, 0) is 109 Å². The highest BCUT2D eigenvalue weighted by Crippen LogP contribution is 2.36. The van der Waals surface area contributed by atoms with Crippen LogP contribution in [0.5, 0.6) is 0 Å². The first-order valence-electron chi connectivity index (χ1n) is 17.6. The number of nitrogens with zero attached hydrogens (tertiary/aromatic N) is 2. The van der Waals surface area contributed by atoms with Gasteiger partial charge in [0.05, 0.1) is 0 Å². The minimum atomic E-state index is 0. The van der Waals surface area contributed by atoms with Gasteiger partial charge in [0.15, 0.2) is 0 Å². The van der Waals surface area contributed by atoms with Crippen LogP contribution in [-0.2, 0) is 6.42 Å². The van der Waals surface area contributed by atoms with Gasteiger partial charge >= 0.3 is 0 Å². The highest BCUT2D eigenvalue weighted by molar-refractivity contribution is 9.10. The van der Waals surface area contributed by atoms with Crippen LogP contribution in [0.2, 0.25) is 0 Å². The number of nitrogen functional groups attached to an aromatic ring is 1. The number of nitrogens with two attached hydrogens (primary N) is 1. The molecule has 8 aromatic carbocycles.